The van der Waals surface area contributed by atoms with Crippen LogP contribution in [-0.2, 0) is 6.42 Å². The Balaban J connectivity index is 2.63. The number of aryl methyl sites for hydroxylation is 1. The third kappa shape index (κ3) is 1.92. The first-order valence-electron chi connectivity index (χ1n) is 4.58. The largest absolute Gasteiger partial charge is 0.269 e. The molecule has 1 heterocycles. The zero-order valence-electron chi connectivity index (χ0n) is 8.11. The van der Waals surface area contributed by atoms with E-state index in [1.165, 1.54) is 0 Å². The van der Waals surface area contributed by atoms with Gasteiger partial charge in [-0.15, -0.1) is 10.2 Å². The lowest BCUT2D eigenvalue weighted by Crippen LogP contribution is -2.00. The molecule has 0 atom stereocenters. The molecule has 0 aliphatic heterocycles. The van der Waals surface area contributed by atoms with Crippen LogP contribution in [0.5, 0.6) is 0 Å². The summed E-state index contributed by atoms with van der Waals surface area (Å²) in [6, 6.07) is 7.84. The molecule has 0 radical (unpaired) electrons. The van der Waals surface area contributed by atoms with Gasteiger partial charge in [-0.3, -0.25) is 4.57 Å². The van der Waals surface area contributed by atoms with E-state index in [0.29, 0.717) is 5.28 Å². The summed E-state index contributed by atoms with van der Waals surface area (Å²) in [6.45, 7) is 2.02. The normalized spacial score (nSPS) is 10.6. The molecule has 0 saturated carbocycles. The molecule has 0 saturated heterocycles. The highest BCUT2D eigenvalue weighted by Crippen LogP contribution is 2.24. The lowest BCUT2D eigenvalue weighted by Gasteiger charge is -2.08. The number of aromatic nitrogens is 3. The Labute approximate surface area is 101 Å². The Morgan fingerprint density at radius 3 is 2.73 bits per heavy atom. The average molecular weight is 287 g/mol. The fourth-order valence-electron chi connectivity index (χ4n) is 1.40. The van der Waals surface area contributed by atoms with Gasteiger partial charge in [0.25, 0.3) is 0 Å². The number of halogens is 2. The lowest BCUT2D eigenvalue weighted by molar-refractivity contribution is 0.881. The van der Waals surface area contributed by atoms with Crippen molar-refractivity contribution < 1.29 is 0 Å². The highest BCUT2D eigenvalue weighted by atomic mass is 79.9. The molecule has 0 unspecified atom stereocenters. The minimum Gasteiger partial charge on any atom is -0.269 e. The van der Waals surface area contributed by atoms with Gasteiger partial charge >= 0.3 is 0 Å². The van der Waals surface area contributed by atoms with Crippen molar-refractivity contribution >= 4 is 27.5 Å². The molecule has 5 heteroatoms. The van der Waals surface area contributed by atoms with Gasteiger partial charge in [0, 0.05) is 10.9 Å². The molecule has 1 aromatic heterocycles. The maximum Gasteiger partial charge on any atom is 0.229 e. The standard InChI is InChI=1S/C10H9BrClN3/c1-2-9-13-14-10(12)15(9)8-6-4-3-5-7(8)11/h3-6H,2H2,1H3. The van der Waals surface area contributed by atoms with E-state index >= 15 is 0 Å². The van der Waals surface area contributed by atoms with Crippen LogP contribution in [0.4, 0.5) is 0 Å². The van der Waals surface area contributed by atoms with Crippen LogP contribution >= 0.6 is 27.5 Å². The number of hydrogen-bond donors (Lipinski definition) is 0. The smallest absolute Gasteiger partial charge is 0.229 e. The van der Waals surface area contributed by atoms with Crippen LogP contribution in [0.1, 0.15) is 12.7 Å². The predicted octanol–water partition coefficient (Wildman–Crippen LogP) is 3.25. The Morgan fingerprint density at radius 1 is 1.33 bits per heavy atom. The molecule has 2 rings (SSSR count). The molecule has 0 bridgehead atoms. The van der Waals surface area contributed by atoms with Crippen molar-refractivity contribution in [3.05, 3.63) is 39.8 Å². The first-order valence-corrected chi connectivity index (χ1v) is 5.75. The van der Waals surface area contributed by atoms with Crippen molar-refractivity contribution in [2.45, 2.75) is 13.3 Å². The third-order valence-electron chi connectivity index (χ3n) is 2.10. The van der Waals surface area contributed by atoms with E-state index in [9.17, 15) is 0 Å². The fourth-order valence-corrected chi connectivity index (χ4v) is 2.08. The molecule has 0 aliphatic carbocycles. The van der Waals surface area contributed by atoms with Crippen molar-refractivity contribution in [3.63, 3.8) is 0 Å². The van der Waals surface area contributed by atoms with Crippen LogP contribution in [0.3, 0.4) is 0 Å². The van der Waals surface area contributed by atoms with Crippen LogP contribution in [0.25, 0.3) is 5.69 Å². The van der Waals surface area contributed by atoms with Gasteiger partial charge in [0.1, 0.15) is 5.82 Å². The second kappa shape index (κ2) is 4.33. The quantitative estimate of drug-likeness (QED) is 0.848. The molecular formula is C10H9BrClN3. The Kier molecular flexibility index (Phi) is 3.07. The van der Waals surface area contributed by atoms with E-state index in [1.807, 2.05) is 35.8 Å². The molecule has 0 amide bonds. The minimum atomic E-state index is 0.388. The highest BCUT2D eigenvalue weighted by Gasteiger charge is 2.12. The van der Waals surface area contributed by atoms with Crippen LogP contribution in [-0.4, -0.2) is 14.8 Å². The van der Waals surface area contributed by atoms with E-state index in [4.69, 9.17) is 11.6 Å². The molecule has 1 aromatic carbocycles. The summed E-state index contributed by atoms with van der Waals surface area (Å²) in [6.07, 6.45) is 0.793. The number of nitrogens with zero attached hydrogens (tertiary/aromatic N) is 3. The molecule has 0 fully saturated rings. The van der Waals surface area contributed by atoms with Crippen molar-refractivity contribution in [1.82, 2.24) is 14.8 Å². The summed E-state index contributed by atoms with van der Waals surface area (Å²) < 4.78 is 2.81. The number of benzene rings is 1. The van der Waals surface area contributed by atoms with E-state index < -0.39 is 0 Å². The van der Waals surface area contributed by atoms with Gasteiger partial charge in [-0.05, 0) is 39.7 Å². The van der Waals surface area contributed by atoms with Gasteiger partial charge in [-0.2, -0.15) is 0 Å². The highest BCUT2D eigenvalue weighted by molar-refractivity contribution is 9.10. The van der Waals surface area contributed by atoms with Crippen LogP contribution < -0.4 is 0 Å². The van der Waals surface area contributed by atoms with Crippen molar-refractivity contribution in [3.8, 4) is 5.69 Å². The zero-order valence-corrected chi connectivity index (χ0v) is 10.5. The van der Waals surface area contributed by atoms with Crippen molar-refractivity contribution in [1.29, 1.82) is 0 Å². The molecule has 2 aromatic rings. The maximum absolute atomic E-state index is 6.00. The summed E-state index contributed by atoms with van der Waals surface area (Å²) >= 11 is 9.48. The van der Waals surface area contributed by atoms with Gasteiger partial charge in [0.2, 0.25) is 5.28 Å². The van der Waals surface area contributed by atoms with Gasteiger partial charge in [0.05, 0.1) is 5.69 Å². The Bertz CT molecular complexity index is 481. The molecular weight excluding hydrogens is 277 g/mol. The fraction of sp³-hybridized carbons (Fsp3) is 0.200. The zero-order chi connectivity index (χ0) is 10.8. The summed E-state index contributed by atoms with van der Waals surface area (Å²) in [5.41, 5.74) is 0.962. The molecule has 0 spiro atoms. The molecule has 78 valence electrons. The molecule has 0 aliphatic rings. The molecule has 15 heavy (non-hydrogen) atoms. The summed E-state index contributed by atoms with van der Waals surface area (Å²) in [4.78, 5) is 0. The molecule has 3 nitrogen and oxygen atoms in total. The van der Waals surface area contributed by atoms with Gasteiger partial charge < -0.3 is 0 Å². The van der Waals surface area contributed by atoms with Crippen LogP contribution in [0, 0.1) is 0 Å². The summed E-state index contributed by atoms with van der Waals surface area (Å²) in [5, 5.41) is 8.26. The summed E-state index contributed by atoms with van der Waals surface area (Å²) in [7, 11) is 0. The van der Waals surface area contributed by atoms with Crippen LogP contribution in [0.15, 0.2) is 28.7 Å². The van der Waals surface area contributed by atoms with E-state index in [-0.39, 0.29) is 0 Å². The van der Waals surface area contributed by atoms with Gasteiger partial charge in [0.15, 0.2) is 0 Å². The monoisotopic (exact) mass is 285 g/mol. The third-order valence-corrected chi connectivity index (χ3v) is 3.02. The van der Waals surface area contributed by atoms with E-state index in [2.05, 4.69) is 26.1 Å². The first-order chi connectivity index (χ1) is 7.24. The average Bonchev–Trinajstić information content (AvgIpc) is 2.60. The minimum absolute atomic E-state index is 0.388. The number of hydrogen-bond acceptors (Lipinski definition) is 2. The maximum atomic E-state index is 6.00. The Hall–Kier alpha value is -0.870. The topological polar surface area (TPSA) is 30.7 Å². The predicted molar refractivity (Wildman–Crippen MR) is 63.4 cm³/mol. The van der Waals surface area contributed by atoms with Crippen molar-refractivity contribution in [2.75, 3.05) is 0 Å². The summed E-state index contributed by atoms with van der Waals surface area (Å²) in [5.74, 6) is 0.854. The van der Waals surface area contributed by atoms with E-state index in [1.54, 1.807) is 0 Å². The number of para-hydroxylation sites is 1. The Morgan fingerprint density at radius 2 is 2.07 bits per heavy atom. The van der Waals surface area contributed by atoms with Gasteiger partial charge in [-0.25, -0.2) is 0 Å². The SMILES string of the molecule is CCc1nnc(Cl)n1-c1ccccc1Br. The number of rotatable bonds is 2. The van der Waals surface area contributed by atoms with E-state index in [0.717, 1.165) is 22.4 Å². The lowest BCUT2D eigenvalue weighted by atomic mass is 10.3. The first kappa shape index (κ1) is 10.6. The van der Waals surface area contributed by atoms with Crippen molar-refractivity contribution in [2.24, 2.45) is 0 Å². The molecule has 0 N–H and O–H groups in total. The second-order valence-electron chi connectivity index (χ2n) is 3.03. The second-order valence-corrected chi connectivity index (χ2v) is 4.22. The van der Waals surface area contributed by atoms with Crippen LogP contribution in [0.2, 0.25) is 5.28 Å². The van der Waals surface area contributed by atoms with Gasteiger partial charge in [-0.1, -0.05) is 19.1 Å².